The highest BCUT2D eigenvalue weighted by Crippen LogP contribution is 2.30. The molecule has 25 heavy (non-hydrogen) atoms. The number of fused-ring (bicyclic) bond motifs is 1. The molecule has 1 aromatic carbocycles. The summed E-state index contributed by atoms with van der Waals surface area (Å²) in [5, 5.41) is 6.65. The normalized spacial score (nSPS) is 15.5. The average Bonchev–Trinajstić information content (AvgIpc) is 3.00. The summed E-state index contributed by atoms with van der Waals surface area (Å²) in [5.74, 6) is 0.862. The van der Waals surface area contributed by atoms with Gasteiger partial charge >= 0.3 is 6.03 Å². The SMILES string of the molecule is CN(CC1COc2ccccc2O1)C(=O)Nc1cnn(CC(N)=O)c1. The fraction of sp³-hybridized carbons (Fsp3) is 0.312. The Labute approximate surface area is 144 Å². The van der Waals surface area contributed by atoms with Gasteiger partial charge in [-0.05, 0) is 12.1 Å². The van der Waals surface area contributed by atoms with E-state index >= 15 is 0 Å². The molecule has 1 aromatic heterocycles. The van der Waals surface area contributed by atoms with Crippen molar-refractivity contribution in [3.63, 3.8) is 0 Å². The smallest absolute Gasteiger partial charge is 0.321 e. The number of primary amides is 1. The van der Waals surface area contributed by atoms with Gasteiger partial charge in [-0.25, -0.2) is 4.79 Å². The largest absolute Gasteiger partial charge is 0.486 e. The molecule has 9 nitrogen and oxygen atoms in total. The Kier molecular flexibility index (Phi) is 4.73. The molecule has 1 aliphatic heterocycles. The lowest BCUT2D eigenvalue weighted by Crippen LogP contribution is -2.43. The molecule has 1 aliphatic rings. The van der Waals surface area contributed by atoms with Gasteiger partial charge in [-0.1, -0.05) is 12.1 Å². The second kappa shape index (κ2) is 7.12. The lowest BCUT2D eigenvalue weighted by Gasteiger charge is -2.29. The van der Waals surface area contributed by atoms with E-state index in [-0.39, 0.29) is 18.7 Å². The predicted molar refractivity (Wildman–Crippen MR) is 89.4 cm³/mol. The summed E-state index contributed by atoms with van der Waals surface area (Å²) in [6.07, 6.45) is 2.72. The van der Waals surface area contributed by atoms with Crippen LogP contribution in [0.1, 0.15) is 0 Å². The van der Waals surface area contributed by atoms with Crippen molar-refractivity contribution in [1.29, 1.82) is 0 Å². The molecule has 0 bridgehead atoms. The van der Waals surface area contributed by atoms with Gasteiger partial charge in [0.05, 0.1) is 18.4 Å². The maximum atomic E-state index is 12.3. The van der Waals surface area contributed by atoms with Crippen LogP contribution in [-0.4, -0.2) is 52.9 Å². The third-order valence-corrected chi connectivity index (χ3v) is 3.59. The van der Waals surface area contributed by atoms with Gasteiger partial charge in [-0.2, -0.15) is 5.10 Å². The Morgan fingerprint density at radius 3 is 2.92 bits per heavy atom. The van der Waals surface area contributed by atoms with Crippen LogP contribution in [0, 0.1) is 0 Å². The van der Waals surface area contributed by atoms with Crippen molar-refractivity contribution < 1.29 is 19.1 Å². The fourth-order valence-corrected chi connectivity index (χ4v) is 2.43. The molecular weight excluding hydrogens is 326 g/mol. The number of anilines is 1. The Hall–Kier alpha value is -3.23. The summed E-state index contributed by atoms with van der Waals surface area (Å²) < 4.78 is 12.8. The highest BCUT2D eigenvalue weighted by Gasteiger charge is 2.23. The second-order valence-corrected chi connectivity index (χ2v) is 5.70. The van der Waals surface area contributed by atoms with E-state index in [9.17, 15) is 9.59 Å². The highest BCUT2D eigenvalue weighted by atomic mass is 16.6. The number of carbonyl (C=O) groups excluding carboxylic acids is 2. The first-order chi connectivity index (χ1) is 12.0. The minimum Gasteiger partial charge on any atom is -0.486 e. The molecule has 1 unspecified atom stereocenters. The van der Waals surface area contributed by atoms with E-state index in [0.29, 0.717) is 30.3 Å². The molecular formula is C16H19N5O4. The van der Waals surface area contributed by atoms with Gasteiger partial charge in [0.15, 0.2) is 17.6 Å². The molecule has 132 valence electrons. The summed E-state index contributed by atoms with van der Waals surface area (Å²) in [7, 11) is 1.66. The van der Waals surface area contributed by atoms with Gasteiger partial charge in [0.25, 0.3) is 0 Å². The summed E-state index contributed by atoms with van der Waals surface area (Å²) >= 11 is 0. The standard InChI is InChI=1S/C16H19N5O4/c1-20(8-12-10-24-13-4-2-3-5-14(13)25-12)16(23)19-11-6-18-21(7-11)9-15(17)22/h2-7,12H,8-10H2,1H3,(H2,17,22)(H,19,23). The van der Waals surface area contributed by atoms with Crippen LogP contribution in [0.3, 0.4) is 0 Å². The molecule has 0 saturated carbocycles. The van der Waals surface area contributed by atoms with Crippen molar-refractivity contribution in [2.24, 2.45) is 5.73 Å². The monoisotopic (exact) mass is 345 g/mol. The number of urea groups is 1. The number of carbonyl (C=O) groups is 2. The third-order valence-electron chi connectivity index (χ3n) is 3.59. The topological polar surface area (TPSA) is 112 Å². The predicted octanol–water partition coefficient (Wildman–Crippen LogP) is 0.672. The second-order valence-electron chi connectivity index (χ2n) is 5.70. The van der Waals surface area contributed by atoms with Crippen LogP contribution in [-0.2, 0) is 11.3 Å². The molecule has 1 atom stereocenters. The molecule has 3 N–H and O–H groups in total. The molecule has 2 heterocycles. The molecule has 0 spiro atoms. The van der Waals surface area contributed by atoms with Crippen LogP contribution in [0.4, 0.5) is 10.5 Å². The van der Waals surface area contributed by atoms with Gasteiger partial charge in [0.1, 0.15) is 13.2 Å². The van der Waals surface area contributed by atoms with E-state index in [1.807, 2.05) is 24.3 Å². The number of ether oxygens (including phenoxy) is 2. The van der Waals surface area contributed by atoms with Crippen molar-refractivity contribution in [2.45, 2.75) is 12.6 Å². The van der Waals surface area contributed by atoms with E-state index in [1.165, 1.54) is 22.0 Å². The number of nitrogens with zero attached hydrogens (tertiary/aromatic N) is 3. The fourth-order valence-electron chi connectivity index (χ4n) is 2.43. The third kappa shape index (κ3) is 4.19. The van der Waals surface area contributed by atoms with Gasteiger partial charge in [-0.3, -0.25) is 9.48 Å². The van der Waals surface area contributed by atoms with E-state index < -0.39 is 5.91 Å². The average molecular weight is 345 g/mol. The van der Waals surface area contributed by atoms with Crippen molar-refractivity contribution in [3.05, 3.63) is 36.7 Å². The van der Waals surface area contributed by atoms with Crippen LogP contribution in [0.5, 0.6) is 11.5 Å². The zero-order valence-corrected chi connectivity index (χ0v) is 13.7. The Bertz CT molecular complexity index is 775. The van der Waals surface area contributed by atoms with Crippen molar-refractivity contribution >= 4 is 17.6 Å². The lowest BCUT2D eigenvalue weighted by molar-refractivity contribution is -0.118. The minimum atomic E-state index is -0.507. The number of nitrogens with two attached hydrogens (primary N) is 1. The summed E-state index contributed by atoms with van der Waals surface area (Å²) in [6, 6.07) is 7.09. The van der Waals surface area contributed by atoms with Crippen LogP contribution in [0.15, 0.2) is 36.7 Å². The first-order valence-corrected chi connectivity index (χ1v) is 7.72. The van der Waals surface area contributed by atoms with Crippen molar-refractivity contribution in [1.82, 2.24) is 14.7 Å². The van der Waals surface area contributed by atoms with Gasteiger partial charge in [-0.15, -0.1) is 0 Å². The highest BCUT2D eigenvalue weighted by molar-refractivity contribution is 5.88. The van der Waals surface area contributed by atoms with Crippen LogP contribution in [0.25, 0.3) is 0 Å². The molecule has 0 radical (unpaired) electrons. The Morgan fingerprint density at radius 1 is 1.40 bits per heavy atom. The zero-order chi connectivity index (χ0) is 17.8. The van der Waals surface area contributed by atoms with Crippen LogP contribution in [0.2, 0.25) is 0 Å². The van der Waals surface area contributed by atoms with Crippen molar-refractivity contribution in [3.8, 4) is 11.5 Å². The molecule has 0 fully saturated rings. The number of hydrogen-bond acceptors (Lipinski definition) is 5. The molecule has 9 heteroatoms. The number of amides is 3. The molecule has 3 amide bonds. The maximum Gasteiger partial charge on any atom is 0.321 e. The number of likely N-dealkylation sites (N-methyl/N-ethyl adjacent to an activating group) is 1. The molecule has 0 saturated heterocycles. The summed E-state index contributed by atoms with van der Waals surface area (Å²) in [5.41, 5.74) is 5.58. The molecule has 2 aromatic rings. The lowest BCUT2D eigenvalue weighted by atomic mass is 10.2. The number of rotatable bonds is 5. The van der Waals surface area contributed by atoms with E-state index in [1.54, 1.807) is 7.05 Å². The minimum absolute atomic E-state index is 0.0433. The Balaban J connectivity index is 1.53. The summed E-state index contributed by atoms with van der Waals surface area (Å²) in [4.78, 5) is 24.6. The van der Waals surface area contributed by atoms with E-state index in [2.05, 4.69) is 10.4 Å². The maximum absolute atomic E-state index is 12.3. The van der Waals surface area contributed by atoms with Crippen molar-refractivity contribution in [2.75, 3.05) is 25.5 Å². The van der Waals surface area contributed by atoms with Crippen LogP contribution >= 0.6 is 0 Å². The number of aromatic nitrogens is 2. The zero-order valence-electron chi connectivity index (χ0n) is 13.7. The number of hydrogen-bond donors (Lipinski definition) is 2. The van der Waals surface area contributed by atoms with Crippen LogP contribution < -0.4 is 20.5 Å². The van der Waals surface area contributed by atoms with Gasteiger partial charge in [0.2, 0.25) is 5.91 Å². The quantitative estimate of drug-likeness (QED) is 0.827. The summed E-state index contributed by atoms with van der Waals surface area (Å²) in [6.45, 7) is 0.680. The number of nitrogens with one attached hydrogen (secondary N) is 1. The number of benzene rings is 1. The first-order valence-electron chi connectivity index (χ1n) is 7.72. The first kappa shape index (κ1) is 16.6. The molecule has 0 aliphatic carbocycles. The Morgan fingerprint density at radius 2 is 2.16 bits per heavy atom. The number of para-hydroxylation sites is 2. The van der Waals surface area contributed by atoms with Gasteiger partial charge < -0.3 is 25.4 Å². The van der Waals surface area contributed by atoms with Gasteiger partial charge in [0, 0.05) is 13.2 Å². The van der Waals surface area contributed by atoms with E-state index in [4.69, 9.17) is 15.2 Å². The molecule has 3 rings (SSSR count). The van der Waals surface area contributed by atoms with E-state index in [0.717, 1.165) is 0 Å².